The second kappa shape index (κ2) is 6.88. The van der Waals surface area contributed by atoms with Gasteiger partial charge in [-0.3, -0.25) is 4.90 Å². The second-order valence-electron chi connectivity index (χ2n) is 6.01. The van der Waals surface area contributed by atoms with Crippen molar-refractivity contribution in [3.8, 4) is 0 Å². The molecule has 1 saturated carbocycles. The van der Waals surface area contributed by atoms with Gasteiger partial charge in [-0.15, -0.1) is 0 Å². The molecule has 0 radical (unpaired) electrons. The Labute approximate surface area is 112 Å². The Morgan fingerprint density at radius 1 is 1.17 bits per heavy atom. The zero-order valence-corrected chi connectivity index (χ0v) is 12.0. The average molecular weight is 254 g/mol. The first kappa shape index (κ1) is 14.3. The molecule has 1 heterocycles. The summed E-state index contributed by atoms with van der Waals surface area (Å²) in [5.41, 5.74) is 6.46. The van der Waals surface area contributed by atoms with E-state index in [-0.39, 0.29) is 5.54 Å². The molecule has 0 aromatic carbocycles. The van der Waals surface area contributed by atoms with Gasteiger partial charge in [0.2, 0.25) is 0 Å². The maximum atomic E-state index is 6.18. The summed E-state index contributed by atoms with van der Waals surface area (Å²) in [5, 5.41) is 0. The van der Waals surface area contributed by atoms with E-state index >= 15 is 0 Å². The van der Waals surface area contributed by atoms with Crippen molar-refractivity contribution in [3.05, 3.63) is 0 Å². The molecule has 1 atom stereocenters. The lowest BCUT2D eigenvalue weighted by Gasteiger charge is -2.47. The van der Waals surface area contributed by atoms with Gasteiger partial charge in [0.15, 0.2) is 0 Å². The number of rotatable bonds is 4. The molecule has 2 fully saturated rings. The molecule has 0 aromatic heterocycles. The van der Waals surface area contributed by atoms with Gasteiger partial charge in [0.05, 0.1) is 6.10 Å². The third kappa shape index (κ3) is 3.25. The lowest BCUT2D eigenvalue weighted by Crippen LogP contribution is -2.58. The highest BCUT2D eigenvalue weighted by atomic mass is 16.5. The molecule has 0 amide bonds. The SMILES string of the molecule is CCOC1CCCN(C2(CN)CCCCCC2)C1. The smallest absolute Gasteiger partial charge is 0.0702 e. The van der Waals surface area contributed by atoms with Crippen LogP contribution in [0.15, 0.2) is 0 Å². The van der Waals surface area contributed by atoms with E-state index in [9.17, 15) is 0 Å². The van der Waals surface area contributed by atoms with Crippen molar-refractivity contribution in [2.75, 3.05) is 26.2 Å². The van der Waals surface area contributed by atoms with Gasteiger partial charge in [0, 0.05) is 25.2 Å². The van der Waals surface area contributed by atoms with E-state index in [0.29, 0.717) is 6.10 Å². The Hall–Kier alpha value is -0.120. The molecular weight excluding hydrogens is 224 g/mol. The minimum atomic E-state index is 0.284. The minimum absolute atomic E-state index is 0.284. The molecule has 2 rings (SSSR count). The van der Waals surface area contributed by atoms with Crippen LogP contribution in [0.3, 0.4) is 0 Å². The van der Waals surface area contributed by atoms with Gasteiger partial charge in [-0.2, -0.15) is 0 Å². The molecule has 2 N–H and O–H groups in total. The highest BCUT2D eigenvalue weighted by Crippen LogP contribution is 2.34. The number of hydrogen-bond donors (Lipinski definition) is 1. The van der Waals surface area contributed by atoms with Crippen molar-refractivity contribution in [2.24, 2.45) is 5.73 Å². The Kier molecular flexibility index (Phi) is 5.46. The summed E-state index contributed by atoms with van der Waals surface area (Å²) in [6.45, 7) is 6.09. The Balaban J connectivity index is 2.01. The quantitative estimate of drug-likeness (QED) is 0.784. The van der Waals surface area contributed by atoms with Crippen LogP contribution in [-0.4, -0.2) is 42.8 Å². The maximum absolute atomic E-state index is 6.18. The molecule has 3 heteroatoms. The summed E-state index contributed by atoms with van der Waals surface area (Å²) in [6, 6.07) is 0. The molecule has 0 bridgehead atoms. The van der Waals surface area contributed by atoms with Crippen LogP contribution in [0.1, 0.15) is 58.3 Å². The van der Waals surface area contributed by atoms with E-state index in [0.717, 1.165) is 19.7 Å². The zero-order chi connectivity index (χ0) is 12.8. The van der Waals surface area contributed by atoms with E-state index in [1.54, 1.807) is 0 Å². The summed E-state index contributed by atoms with van der Waals surface area (Å²) < 4.78 is 5.84. The standard InChI is InChI=1S/C15H30N2O/c1-2-18-14-8-7-11-17(12-14)15(13-16)9-5-3-4-6-10-15/h14H,2-13,16H2,1H3. The Morgan fingerprint density at radius 3 is 2.50 bits per heavy atom. The molecule has 18 heavy (non-hydrogen) atoms. The van der Waals surface area contributed by atoms with Gasteiger partial charge in [0.25, 0.3) is 0 Å². The molecule has 1 aliphatic carbocycles. The van der Waals surface area contributed by atoms with Crippen molar-refractivity contribution >= 4 is 0 Å². The third-order valence-corrected chi connectivity index (χ3v) is 4.87. The molecule has 0 spiro atoms. The summed E-state index contributed by atoms with van der Waals surface area (Å²) in [7, 11) is 0. The number of likely N-dealkylation sites (tertiary alicyclic amines) is 1. The van der Waals surface area contributed by atoms with Gasteiger partial charge < -0.3 is 10.5 Å². The van der Waals surface area contributed by atoms with Crippen LogP contribution in [0, 0.1) is 0 Å². The topological polar surface area (TPSA) is 38.5 Å². The first-order chi connectivity index (χ1) is 8.80. The van der Waals surface area contributed by atoms with Crippen molar-refractivity contribution in [2.45, 2.75) is 69.9 Å². The number of hydrogen-bond acceptors (Lipinski definition) is 3. The van der Waals surface area contributed by atoms with E-state index < -0.39 is 0 Å². The van der Waals surface area contributed by atoms with Crippen molar-refractivity contribution in [1.29, 1.82) is 0 Å². The fraction of sp³-hybridized carbons (Fsp3) is 1.00. The monoisotopic (exact) mass is 254 g/mol. The van der Waals surface area contributed by atoms with Gasteiger partial charge >= 0.3 is 0 Å². The fourth-order valence-electron chi connectivity index (χ4n) is 3.78. The number of ether oxygens (including phenoxy) is 1. The highest BCUT2D eigenvalue weighted by Gasteiger charge is 2.38. The maximum Gasteiger partial charge on any atom is 0.0702 e. The van der Waals surface area contributed by atoms with Crippen LogP contribution >= 0.6 is 0 Å². The van der Waals surface area contributed by atoms with Crippen LogP contribution in [0.4, 0.5) is 0 Å². The molecule has 0 aromatic rings. The second-order valence-corrected chi connectivity index (χ2v) is 6.01. The third-order valence-electron chi connectivity index (χ3n) is 4.87. The van der Waals surface area contributed by atoms with Crippen LogP contribution in [0.25, 0.3) is 0 Å². The molecule has 3 nitrogen and oxygen atoms in total. The van der Waals surface area contributed by atoms with E-state index in [4.69, 9.17) is 10.5 Å². The van der Waals surface area contributed by atoms with Crippen LogP contribution in [0.5, 0.6) is 0 Å². The van der Waals surface area contributed by atoms with Crippen molar-refractivity contribution < 1.29 is 4.74 Å². The Morgan fingerprint density at radius 2 is 1.89 bits per heavy atom. The van der Waals surface area contributed by atoms with Crippen LogP contribution in [-0.2, 0) is 4.74 Å². The normalized spacial score (nSPS) is 30.0. The fourth-order valence-corrected chi connectivity index (χ4v) is 3.78. The zero-order valence-electron chi connectivity index (χ0n) is 12.0. The summed E-state index contributed by atoms with van der Waals surface area (Å²) in [4.78, 5) is 2.67. The predicted molar refractivity (Wildman–Crippen MR) is 75.7 cm³/mol. The van der Waals surface area contributed by atoms with Gasteiger partial charge in [-0.05, 0) is 39.2 Å². The molecule has 2 aliphatic rings. The molecule has 1 aliphatic heterocycles. The van der Waals surface area contributed by atoms with Gasteiger partial charge in [-0.1, -0.05) is 25.7 Å². The average Bonchev–Trinajstić information content (AvgIpc) is 2.66. The van der Waals surface area contributed by atoms with Crippen molar-refractivity contribution in [1.82, 2.24) is 4.90 Å². The lowest BCUT2D eigenvalue weighted by atomic mass is 9.86. The summed E-state index contributed by atoms with van der Waals surface area (Å²) >= 11 is 0. The molecule has 106 valence electrons. The molecule has 1 saturated heterocycles. The van der Waals surface area contributed by atoms with Crippen molar-refractivity contribution in [3.63, 3.8) is 0 Å². The number of piperidine rings is 1. The number of nitrogens with zero attached hydrogens (tertiary/aromatic N) is 1. The van der Waals surface area contributed by atoms with E-state index in [1.807, 2.05) is 0 Å². The Bertz CT molecular complexity index is 235. The number of nitrogens with two attached hydrogens (primary N) is 1. The predicted octanol–water partition coefficient (Wildman–Crippen LogP) is 2.54. The summed E-state index contributed by atoms with van der Waals surface area (Å²) in [6.07, 6.45) is 11.0. The largest absolute Gasteiger partial charge is 0.377 e. The van der Waals surface area contributed by atoms with Crippen LogP contribution in [0.2, 0.25) is 0 Å². The minimum Gasteiger partial charge on any atom is -0.377 e. The van der Waals surface area contributed by atoms with E-state index in [2.05, 4.69) is 11.8 Å². The first-order valence-electron chi connectivity index (χ1n) is 7.87. The molecular formula is C15H30N2O. The first-order valence-corrected chi connectivity index (χ1v) is 7.87. The lowest BCUT2D eigenvalue weighted by molar-refractivity contribution is -0.0372. The van der Waals surface area contributed by atoms with Gasteiger partial charge in [0.1, 0.15) is 0 Å². The highest BCUT2D eigenvalue weighted by molar-refractivity contribution is 4.95. The summed E-state index contributed by atoms with van der Waals surface area (Å²) in [5.74, 6) is 0. The molecule has 1 unspecified atom stereocenters. The van der Waals surface area contributed by atoms with Gasteiger partial charge in [-0.25, -0.2) is 0 Å². The van der Waals surface area contributed by atoms with Crippen LogP contribution < -0.4 is 5.73 Å². The van der Waals surface area contributed by atoms with E-state index in [1.165, 1.54) is 57.9 Å².